The fourth-order valence-electron chi connectivity index (χ4n) is 5.40. The van der Waals surface area contributed by atoms with Crippen molar-refractivity contribution in [2.75, 3.05) is 36.4 Å². The fraction of sp³-hybridized carbons (Fsp3) is 0.667. The number of amides is 1. The van der Waals surface area contributed by atoms with Crippen LogP contribution >= 0.6 is 0 Å². The van der Waals surface area contributed by atoms with Crippen molar-refractivity contribution in [1.82, 2.24) is 25.1 Å². The zero-order chi connectivity index (χ0) is 23.1. The second-order valence-corrected chi connectivity index (χ2v) is 10.9. The third-order valence-electron chi connectivity index (χ3n) is 6.94. The summed E-state index contributed by atoms with van der Waals surface area (Å²) in [6, 6.07) is 3.97. The van der Waals surface area contributed by atoms with Crippen molar-refractivity contribution in [2.45, 2.75) is 70.8 Å². The number of nitrogens with zero attached hydrogens (tertiary/aromatic N) is 5. The number of rotatable bonds is 4. The second kappa shape index (κ2) is 8.50. The number of hydrogen-bond acceptors (Lipinski definition) is 7. The average Bonchev–Trinajstić information content (AvgIpc) is 3.43. The number of nitrogens with one attached hydrogen (secondary N) is 2. The maximum absolute atomic E-state index is 12.5. The highest BCUT2D eigenvalue weighted by molar-refractivity contribution is 5.68. The minimum Gasteiger partial charge on any atom is -0.444 e. The molecule has 3 aliphatic rings. The average molecular weight is 454 g/mol. The zero-order valence-corrected chi connectivity index (χ0v) is 19.9. The molecule has 1 aliphatic carbocycles. The van der Waals surface area contributed by atoms with Gasteiger partial charge in [-0.15, -0.1) is 0 Å². The van der Waals surface area contributed by atoms with Gasteiger partial charge in [0.2, 0.25) is 5.95 Å². The van der Waals surface area contributed by atoms with E-state index in [4.69, 9.17) is 9.72 Å². The lowest BCUT2D eigenvalue weighted by Gasteiger charge is -2.54. The van der Waals surface area contributed by atoms with Gasteiger partial charge in [-0.3, -0.25) is 5.10 Å². The van der Waals surface area contributed by atoms with Crippen molar-refractivity contribution in [3.05, 3.63) is 24.0 Å². The van der Waals surface area contributed by atoms with Crippen molar-refractivity contribution in [1.29, 1.82) is 0 Å². The molecule has 1 spiro atoms. The first-order valence-electron chi connectivity index (χ1n) is 12.2. The Labute approximate surface area is 195 Å². The summed E-state index contributed by atoms with van der Waals surface area (Å²) in [5, 5.41) is 10.9. The van der Waals surface area contributed by atoms with E-state index in [1.165, 1.54) is 31.4 Å². The van der Waals surface area contributed by atoms with Crippen LogP contribution in [0.1, 0.15) is 70.9 Å². The lowest BCUT2D eigenvalue weighted by molar-refractivity contribution is -0.00165. The number of aromatic nitrogens is 4. The van der Waals surface area contributed by atoms with E-state index >= 15 is 0 Å². The van der Waals surface area contributed by atoms with Crippen LogP contribution in [0.25, 0.3) is 0 Å². The summed E-state index contributed by atoms with van der Waals surface area (Å²) in [6.07, 6.45) is 8.76. The molecule has 178 valence electrons. The summed E-state index contributed by atoms with van der Waals surface area (Å²) in [6.45, 7) is 8.92. The van der Waals surface area contributed by atoms with Gasteiger partial charge in [0, 0.05) is 55.5 Å². The maximum atomic E-state index is 12.5. The molecular weight excluding hydrogens is 418 g/mol. The highest BCUT2D eigenvalue weighted by Crippen LogP contribution is 2.41. The van der Waals surface area contributed by atoms with Gasteiger partial charge in [-0.2, -0.15) is 10.1 Å². The summed E-state index contributed by atoms with van der Waals surface area (Å²) in [4.78, 5) is 25.8. The number of aromatic amines is 1. The third-order valence-corrected chi connectivity index (χ3v) is 6.94. The van der Waals surface area contributed by atoms with Crippen molar-refractivity contribution in [3.63, 3.8) is 0 Å². The van der Waals surface area contributed by atoms with E-state index in [0.717, 1.165) is 50.7 Å². The number of H-pyrrole nitrogens is 1. The molecule has 0 atom stereocenters. The molecule has 9 nitrogen and oxygen atoms in total. The smallest absolute Gasteiger partial charge is 0.410 e. The number of carbonyl (C=O) groups is 1. The maximum Gasteiger partial charge on any atom is 0.410 e. The van der Waals surface area contributed by atoms with Gasteiger partial charge in [-0.05, 0) is 52.5 Å². The Bertz CT molecular complexity index is 987. The Balaban J connectivity index is 1.19. The van der Waals surface area contributed by atoms with Crippen molar-refractivity contribution < 1.29 is 9.53 Å². The molecule has 3 fully saturated rings. The van der Waals surface area contributed by atoms with Crippen molar-refractivity contribution in [3.8, 4) is 0 Å². The van der Waals surface area contributed by atoms with Crippen LogP contribution in [-0.4, -0.2) is 62.9 Å². The van der Waals surface area contributed by atoms with Gasteiger partial charge in [-0.25, -0.2) is 9.78 Å². The molecule has 1 amide bonds. The number of likely N-dealkylation sites (tertiary alicyclic amines) is 1. The van der Waals surface area contributed by atoms with Gasteiger partial charge in [0.1, 0.15) is 11.4 Å². The first kappa shape index (κ1) is 22.0. The molecular formula is C24H35N7O2. The van der Waals surface area contributed by atoms with Crippen LogP contribution in [0.4, 0.5) is 22.4 Å². The standard InChI is InChI=1S/C24H35N7O2/c1-23(2,3)33-22(32)30-12-6-10-24(14-30)15-31(16-24)21-25-11-9-19(27-21)26-20-13-18(28-29-20)17-7-4-5-8-17/h9,11,13,17H,4-8,10,12,14-16H2,1-3H3,(H2,25,26,27,28,29). The van der Waals surface area contributed by atoms with Crippen LogP contribution in [0, 0.1) is 5.41 Å². The molecule has 0 radical (unpaired) electrons. The molecule has 2 aliphatic heterocycles. The minimum atomic E-state index is -0.471. The fourth-order valence-corrected chi connectivity index (χ4v) is 5.40. The number of ether oxygens (including phenoxy) is 1. The third kappa shape index (κ3) is 4.91. The molecule has 0 bridgehead atoms. The quantitative estimate of drug-likeness (QED) is 0.706. The molecule has 2 saturated heterocycles. The SMILES string of the molecule is CC(C)(C)OC(=O)N1CCCC2(C1)CN(c1nccc(Nc3cc(C4CCCC4)[nH]n3)n1)C2. The van der Waals surface area contributed by atoms with E-state index < -0.39 is 5.60 Å². The predicted molar refractivity (Wildman–Crippen MR) is 127 cm³/mol. The minimum absolute atomic E-state index is 0.0975. The molecule has 5 rings (SSSR count). The van der Waals surface area contributed by atoms with Crippen LogP contribution < -0.4 is 10.2 Å². The van der Waals surface area contributed by atoms with Gasteiger partial charge in [0.25, 0.3) is 0 Å². The van der Waals surface area contributed by atoms with Crippen molar-refractivity contribution in [2.24, 2.45) is 5.41 Å². The van der Waals surface area contributed by atoms with Gasteiger partial charge in [0.05, 0.1) is 0 Å². The molecule has 9 heteroatoms. The Hall–Kier alpha value is -2.84. The van der Waals surface area contributed by atoms with E-state index in [0.29, 0.717) is 11.9 Å². The molecule has 2 N–H and O–H groups in total. The number of piperidine rings is 1. The van der Waals surface area contributed by atoms with Crippen LogP contribution in [0.15, 0.2) is 18.3 Å². The van der Waals surface area contributed by atoms with E-state index in [-0.39, 0.29) is 11.5 Å². The molecule has 0 unspecified atom stereocenters. The van der Waals surface area contributed by atoms with Crippen LogP contribution in [0.5, 0.6) is 0 Å². The highest BCUT2D eigenvalue weighted by Gasteiger charge is 2.48. The Kier molecular flexibility index (Phi) is 5.66. The molecule has 33 heavy (non-hydrogen) atoms. The summed E-state index contributed by atoms with van der Waals surface area (Å²) >= 11 is 0. The topological polar surface area (TPSA) is 99.3 Å². The largest absolute Gasteiger partial charge is 0.444 e. The van der Waals surface area contributed by atoms with E-state index in [1.54, 1.807) is 6.20 Å². The van der Waals surface area contributed by atoms with Gasteiger partial charge >= 0.3 is 6.09 Å². The van der Waals surface area contributed by atoms with E-state index in [9.17, 15) is 4.79 Å². The Morgan fingerprint density at radius 3 is 2.73 bits per heavy atom. The Morgan fingerprint density at radius 2 is 1.97 bits per heavy atom. The Morgan fingerprint density at radius 1 is 1.18 bits per heavy atom. The normalized spacial score (nSPS) is 20.7. The molecule has 0 aromatic carbocycles. The van der Waals surface area contributed by atoms with Crippen LogP contribution in [0.3, 0.4) is 0 Å². The van der Waals surface area contributed by atoms with E-state index in [1.807, 2.05) is 31.7 Å². The summed E-state index contributed by atoms with van der Waals surface area (Å²) in [7, 11) is 0. The second-order valence-electron chi connectivity index (χ2n) is 10.9. The molecule has 4 heterocycles. The monoisotopic (exact) mass is 453 g/mol. The lowest BCUT2D eigenvalue weighted by Crippen LogP contribution is -2.64. The molecule has 2 aromatic heterocycles. The lowest BCUT2D eigenvalue weighted by atomic mass is 9.73. The van der Waals surface area contributed by atoms with Gasteiger partial charge in [0.15, 0.2) is 5.82 Å². The number of carbonyl (C=O) groups excluding carboxylic acids is 1. The van der Waals surface area contributed by atoms with Gasteiger partial charge < -0.3 is 19.9 Å². The van der Waals surface area contributed by atoms with Gasteiger partial charge in [-0.1, -0.05) is 12.8 Å². The zero-order valence-electron chi connectivity index (χ0n) is 19.9. The number of anilines is 3. The first-order valence-corrected chi connectivity index (χ1v) is 12.2. The number of hydrogen-bond donors (Lipinski definition) is 2. The van der Waals surface area contributed by atoms with Crippen LogP contribution in [0.2, 0.25) is 0 Å². The molecule has 2 aromatic rings. The highest BCUT2D eigenvalue weighted by atomic mass is 16.6. The van der Waals surface area contributed by atoms with E-state index in [2.05, 4.69) is 31.5 Å². The predicted octanol–water partition coefficient (Wildman–Crippen LogP) is 4.44. The van der Waals surface area contributed by atoms with Crippen LogP contribution in [-0.2, 0) is 4.74 Å². The molecule has 1 saturated carbocycles. The first-order chi connectivity index (χ1) is 15.8. The summed E-state index contributed by atoms with van der Waals surface area (Å²) in [5.41, 5.74) is 0.835. The van der Waals surface area contributed by atoms with Crippen molar-refractivity contribution >= 4 is 23.7 Å². The summed E-state index contributed by atoms with van der Waals surface area (Å²) < 4.78 is 5.59. The summed E-state index contributed by atoms with van der Waals surface area (Å²) in [5.74, 6) is 2.85.